The lowest BCUT2D eigenvalue weighted by Crippen LogP contribution is -2.11. The number of aliphatic hydroxyl groups excluding tert-OH is 1. The summed E-state index contributed by atoms with van der Waals surface area (Å²) in [6.45, 7) is 4.98. The normalized spacial score (nSPS) is 11.4. The third kappa shape index (κ3) is 6.96. The average Bonchev–Trinajstić information content (AvgIpc) is 2.85. The Labute approximate surface area is 178 Å². The van der Waals surface area contributed by atoms with E-state index in [4.69, 9.17) is 10.4 Å². The molecule has 1 aliphatic rings. The summed E-state index contributed by atoms with van der Waals surface area (Å²) in [7, 11) is 1.00. The molecule has 0 saturated heterocycles. The number of aliphatic hydroxyl groups is 1. The van der Waals surface area contributed by atoms with Crippen molar-refractivity contribution in [2.75, 3.05) is 25.5 Å². The van der Waals surface area contributed by atoms with Crippen LogP contribution in [0.2, 0.25) is 0 Å². The Hall–Kier alpha value is -3.27. The number of fused-ring (bicyclic) bond motifs is 1. The number of nitrogens with zero attached hydrogens (tertiary/aromatic N) is 3. The lowest BCUT2D eigenvalue weighted by molar-refractivity contribution is 0.399. The van der Waals surface area contributed by atoms with Crippen molar-refractivity contribution in [3.63, 3.8) is 0 Å². The number of aromatic nitrogens is 2. The molecule has 4 rings (SSSR count). The molecule has 6 nitrogen and oxygen atoms in total. The van der Waals surface area contributed by atoms with Crippen LogP contribution in [0.4, 0.5) is 5.69 Å². The fraction of sp³-hybridized carbons (Fsp3) is 0.292. The molecule has 30 heavy (non-hydrogen) atoms. The van der Waals surface area contributed by atoms with Gasteiger partial charge in [-0.05, 0) is 60.3 Å². The number of nitrogens with one attached hydrogen (secondary N) is 2. The van der Waals surface area contributed by atoms with E-state index in [1.54, 1.807) is 0 Å². The third-order valence-corrected chi connectivity index (χ3v) is 4.56. The highest BCUT2D eigenvalue weighted by atomic mass is 16.2. The highest BCUT2D eigenvalue weighted by Crippen LogP contribution is 2.28. The second-order valence-electron chi connectivity index (χ2n) is 6.62. The molecule has 0 radical (unpaired) electrons. The van der Waals surface area contributed by atoms with E-state index in [-0.39, 0.29) is 0 Å². The number of hydrogen-bond donors (Lipinski definition) is 3. The van der Waals surface area contributed by atoms with Gasteiger partial charge in [0.15, 0.2) is 0 Å². The van der Waals surface area contributed by atoms with Gasteiger partial charge in [0, 0.05) is 43.8 Å². The molecule has 0 fully saturated rings. The van der Waals surface area contributed by atoms with Gasteiger partial charge in [-0.15, -0.1) is 0 Å². The van der Waals surface area contributed by atoms with E-state index in [1.807, 2.05) is 30.6 Å². The van der Waals surface area contributed by atoms with Crippen molar-refractivity contribution in [3.8, 4) is 17.2 Å². The van der Waals surface area contributed by atoms with Gasteiger partial charge < -0.3 is 15.7 Å². The van der Waals surface area contributed by atoms with Crippen molar-refractivity contribution in [2.24, 2.45) is 0 Å². The van der Waals surface area contributed by atoms with Crippen LogP contribution in [0.3, 0.4) is 0 Å². The predicted octanol–water partition coefficient (Wildman–Crippen LogP) is 3.78. The fourth-order valence-corrected chi connectivity index (χ4v) is 3.11. The lowest BCUT2D eigenvalue weighted by Gasteiger charge is -2.18. The SMILES string of the molecule is CCNCc1cncnc1.CO.N#Cc1cccc(-c2ccc3c(c2)CCCN3)c1. The van der Waals surface area contributed by atoms with E-state index in [1.165, 1.54) is 29.6 Å². The van der Waals surface area contributed by atoms with Gasteiger partial charge in [-0.25, -0.2) is 9.97 Å². The number of benzene rings is 2. The van der Waals surface area contributed by atoms with Gasteiger partial charge in [-0.1, -0.05) is 25.1 Å². The van der Waals surface area contributed by atoms with E-state index in [2.05, 4.69) is 57.9 Å². The Morgan fingerprint density at radius 2 is 1.87 bits per heavy atom. The molecule has 0 unspecified atom stereocenters. The first-order valence-corrected chi connectivity index (χ1v) is 10.1. The Morgan fingerprint density at radius 3 is 2.60 bits per heavy atom. The molecule has 3 N–H and O–H groups in total. The smallest absolute Gasteiger partial charge is 0.115 e. The molecule has 0 saturated carbocycles. The first-order chi connectivity index (χ1) is 14.8. The van der Waals surface area contributed by atoms with Gasteiger partial charge in [-0.3, -0.25) is 0 Å². The van der Waals surface area contributed by atoms with Crippen LogP contribution in [0.15, 0.2) is 61.2 Å². The maximum absolute atomic E-state index is 8.94. The molecule has 0 atom stereocenters. The van der Waals surface area contributed by atoms with Gasteiger partial charge in [0.25, 0.3) is 0 Å². The van der Waals surface area contributed by atoms with Crippen LogP contribution >= 0.6 is 0 Å². The van der Waals surface area contributed by atoms with Crippen LogP contribution in [0.1, 0.15) is 30.0 Å². The zero-order valence-corrected chi connectivity index (χ0v) is 17.6. The summed E-state index contributed by atoms with van der Waals surface area (Å²) in [5.74, 6) is 0. The van der Waals surface area contributed by atoms with Crippen LogP contribution in [-0.4, -0.2) is 35.3 Å². The minimum atomic E-state index is 0.711. The minimum absolute atomic E-state index is 0.711. The second-order valence-corrected chi connectivity index (χ2v) is 6.62. The highest BCUT2D eigenvalue weighted by molar-refractivity contribution is 5.70. The molecule has 0 bridgehead atoms. The zero-order valence-electron chi connectivity index (χ0n) is 17.6. The summed E-state index contributed by atoms with van der Waals surface area (Å²) in [6, 6.07) is 16.5. The molecule has 0 amide bonds. The highest BCUT2D eigenvalue weighted by Gasteiger charge is 2.09. The Balaban J connectivity index is 0.000000228. The average molecular weight is 404 g/mol. The molecule has 6 heteroatoms. The molecule has 3 aromatic rings. The maximum atomic E-state index is 8.94. The van der Waals surface area contributed by atoms with Crippen molar-refractivity contribution in [3.05, 3.63) is 77.9 Å². The second kappa shape index (κ2) is 13.0. The Morgan fingerprint density at radius 1 is 1.10 bits per heavy atom. The van der Waals surface area contributed by atoms with Crippen molar-refractivity contribution < 1.29 is 5.11 Å². The fourth-order valence-electron chi connectivity index (χ4n) is 3.11. The van der Waals surface area contributed by atoms with Crippen LogP contribution < -0.4 is 10.6 Å². The van der Waals surface area contributed by atoms with Crippen LogP contribution in [-0.2, 0) is 13.0 Å². The largest absolute Gasteiger partial charge is 0.400 e. The topological polar surface area (TPSA) is 93.9 Å². The Bertz CT molecular complexity index is 938. The van der Waals surface area contributed by atoms with Crippen molar-refractivity contribution in [1.29, 1.82) is 5.26 Å². The first-order valence-electron chi connectivity index (χ1n) is 10.1. The Kier molecular flexibility index (Phi) is 10.0. The minimum Gasteiger partial charge on any atom is -0.400 e. The molecule has 0 spiro atoms. The standard InChI is InChI=1S/C16H14N2.C7H11N3.CH4O/c17-11-12-3-1-4-13(9-12)14-6-7-16-15(10-14)5-2-8-18-16;1-2-8-3-7-4-9-6-10-5-7;1-2/h1,3-4,6-7,9-10,18H,2,5,8H2;4-6,8H,2-3H2,1H3;2H,1H3. The molecule has 156 valence electrons. The summed E-state index contributed by atoms with van der Waals surface area (Å²) >= 11 is 0. The van der Waals surface area contributed by atoms with Gasteiger partial charge in [0.1, 0.15) is 6.33 Å². The number of nitriles is 1. The first kappa shape index (κ1) is 23.0. The number of anilines is 1. The maximum Gasteiger partial charge on any atom is 0.115 e. The van der Waals surface area contributed by atoms with E-state index in [9.17, 15) is 0 Å². The number of aryl methyl sites for hydroxylation is 1. The molecule has 2 aromatic carbocycles. The summed E-state index contributed by atoms with van der Waals surface area (Å²) < 4.78 is 0. The van der Waals surface area contributed by atoms with E-state index in [0.717, 1.165) is 44.3 Å². The molecule has 1 aliphatic heterocycles. The van der Waals surface area contributed by atoms with Crippen molar-refractivity contribution in [2.45, 2.75) is 26.3 Å². The van der Waals surface area contributed by atoms with Gasteiger partial charge in [-0.2, -0.15) is 5.26 Å². The monoisotopic (exact) mass is 403 g/mol. The van der Waals surface area contributed by atoms with Gasteiger partial charge >= 0.3 is 0 Å². The molecular formula is C24H29N5O. The van der Waals surface area contributed by atoms with Crippen LogP contribution in [0.5, 0.6) is 0 Å². The van der Waals surface area contributed by atoms with Gasteiger partial charge in [0.05, 0.1) is 11.6 Å². The van der Waals surface area contributed by atoms with Crippen molar-refractivity contribution in [1.82, 2.24) is 15.3 Å². The van der Waals surface area contributed by atoms with Crippen LogP contribution in [0.25, 0.3) is 11.1 Å². The number of hydrogen-bond acceptors (Lipinski definition) is 6. The predicted molar refractivity (Wildman–Crippen MR) is 121 cm³/mol. The number of rotatable bonds is 4. The molecular weight excluding hydrogens is 374 g/mol. The van der Waals surface area contributed by atoms with E-state index in [0.29, 0.717) is 5.56 Å². The summed E-state index contributed by atoms with van der Waals surface area (Å²) in [5, 5.41) is 22.5. The summed E-state index contributed by atoms with van der Waals surface area (Å²) in [6.07, 6.45) is 7.49. The van der Waals surface area contributed by atoms with Crippen LogP contribution in [0, 0.1) is 11.3 Å². The van der Waals surface area contributed by atoms with Crippen molar-refractivity contribution >= 4 is 5.69 Å². The molecule has 2 heterocycles. The quantitative estimate of drug-likeness (QED) is 0.614. The zero-order chi connectivity index (χ0) is 21.6. The molecule has 0 aliphatic carbocycles. The molecule has 1 aromatic heterocycles. The van der Waals surface area contributed by atoms with Gasteiger partial charge in [0.2, 0.25) is 0 Å². The van der Waals surface area contributed by atoms with E-state index >= 15 is 0 Å². The lowest BCUT2D eigenvalue weighted by atomic mass is 9.96. The third-order valence-electron chi connectivity index (χ3n) is 4.56. The summed E-state index contributed by atoms with van der Waals surface area (Å²) in [5.41, 5.74) is 6.77. The summed E-state index contributed by atoms with van der Waals surface area (Å²) in [4.78, 5) is 7.77. The van der Waals surface area contributed by atoms with E-state index < -0.39 is 0 Å².